The Labute approximate surface area is 116 Å². The van der Waals surface area contributed by atoms with Gasteiger partial charge in [0.1, 0.15) is 5.82 Å². The van der Waals surface area contributed by atoms with Crippen molar-refractivity contribution in [3.63, 3.8) is 0 Å². The normalized spacial score (nSPS) is 13.4. The van der Waals surface area contributed by atoms with Crippen molar-refractivity contribution >= 4 is 0 Å². The van der Waals surface area contributed by atoms with E-state index in [0.29, 0.717) is 12.1 Å². The van der Waals surface area contributed by atoms with Gasteiger partial charge in [0.15, 0.2) is 5.82 Å². The third-order valence-electron chi connectivity index (χ3n) is 2.64. The first-order valence-electron chi connectivity index (χ1n) is 5.78. The van der Waals surface area contributed by atoms with Gasteiger partial charge in [-0.2, -0.15) is 18.2 Å². The molecule has 21 heavy (non-hydrogen) atoms. The SMILES string of the molecule is COCC(N)c1noc(-c2ccc(F)c(C(F)(F)F)c2)n1. The number of methoxy groups -OCH3 is 1. The van der Waals surface area contributed by atoms with Crippen molar-refractivity contribution in [2.24, 2.45) is 5.73 Å². The van der Waals surface area contributed by atoms with Gasteiger partial charge >= 0.3 is 6.18 Å². The molecule has 2 N–H and O–H groups in total. The van der Waals surface area contributed by atoms with Crippen LogP contribution in [0.5, 0.6) is 0 Å². The van der Waals surface area contributed by atoms with E-state index in [1.807, 2.05) is 0 Å². The van der Waals surface area contributed by atoms with Crippen LogP contribution in [0.15, 0.2) is 22.7 Å². The fourth-order valence-corrected chi connectivity index (χ4v) is 1.63. The Morgan fingerprint density at radius 3 is 2.71 bits per heavy atom. The highest BCUT2D eigenvalue weighted by molar-refractivity contribution is 5.54. The van der Waals surface area contributed by atoms with Crippen LogP contribution in [0.1, 0.15) is 17.4 Å². The molecule has 0 saturated heterocycles. The molecule has 2 rings (SSSR count). The second kappa shape index (κ2) is 5.78. The lowest BCUT2D eigenvalue weighted by Gasteiger charge is -2.08. The Morgan fingerprint density at radius 1 is 1.38 bits per heavy atom. The average Bonchev–Trinajstić information content (AvgIpc) is 2.88. The minimum atomic E-state index is -4.81. The summed E-state index contributed by atoms with van der Waals surface area (Å²) in [5.74, 6) is -1.46. The van der Waals surface area contributed by atoms with Crippen LogP contribution in [0.4, 0.5) is 17.6 Å². The maximum Gasteiger partial charge on any atom is 0.419 e. The van der Waals surface area contributed by atoms with Gasteiger partial charge in [0.05, 0.1) is 18.2 Å². The zero-order valence-electron chi connectivity index (χ0n) is 10.8. The topological polar surface area (TPSA) is 74.2 Å². The van der Waals surface area contributed by atoms with Crippen molar-refractivity contribution in [3.8, 4) is 11.5 Å². The quantitative estimate of drug-likeness (QED) is 0.879. The van der Waals surface area contributed by atoms with Gasteiger partial charge in [-0.05, 0) is 18.2 Å². The summed E-state index contributed by atoms with van der Waals surface area (Å²) in [7, 11) is 1.43. The number of nitrogens with two attached hydrogens (primary N) is 1. The molecule has 0 bridgehead atoms. The van der Waals surface area contributed by atoms with E-state index in [0.717, 1.165) is 6.07 Å². The third-order valence-corrected chi connectivity index (χ3v) is 2.64. The maximum absolute atomic E-state index is 13.2. The minimum absolute atomic E-state index is 0.0490. The summed E-state index contributed by atoms with van der Waals surface area (Å²) in [6.45, 7) is 0.121. The standard InChI is InChI=1S/C12H11F4N3O2/c1-20-5-9(17)10-18-11(21-19-10)6-2-3-8(13)7(4-6)12(14,15)16/h2-4,9H,5,17H2,1H3. The maximum atomic E-state index is 13.2. The molecule has 1 heterocycles. The first-order valence-corrected chi connectivity index (χ1v) is 5.78. The lowest BCUT2D eigenvalue weighted by molar-refractivity contribution is -0.139. The Balaban J connectivity index is 2.35. The third kappa shape index (κ3) is 3.37. The lowest BCUT2D eigenvalue weighted by Crippen LogP contribution is -2.17. The van der Waals surface area contributed by atoms with Crippen molar-refractivity contribution in [3.05, 3.63) is 35.4 Å². The van der Waals surface area contributed by atoms with Crippen LogP contribution >= 0.6 is 0 Å². The average molecular weight is 305 g/mol. The molecule has 9 heteroatoms. The van der Waals surface area contributed by atoms with E-state index < -0.39 is 23.6 Å². The van der Waals surface area contributed by atoms with Gasteiger partial charge in [-0.25, -0.2) is 4.39 Å². The number of aromatic nitrogens is 2. The monoisotopic (exact) mass is 305 g/mol. The summed E-state index contributed by atoms with van der Waals surface area (Å²) in [6.07, 6.45) is -4.81. The molecule has 1 aromatic heterocycles. The van der Waals surface area contributed by atoms with Gasteiger partial charge in [-0.1, -0.05) is 5.16 Å². The van der Waals surface area contributed by atoms with Crippen LogP contribution in [0, 0.1) is 5.82 Å². The molecule has 114 valence electrons. The Hall–Kier alpha value is -2.00. The van der Waals surface area contributed by atoms with Crippen molar-refractivity contribution in [1.29, 1.82) is 0 Å². The van der Waals surface area contributed by atoms with Crippen molar-refractivity contribution < 1.29 is 26.8 Å². The summed E-state index contributed by atoms with van der Waals surface area (Å²) in [5, 5.41) is 3.56. The zero-order valence-corrected chi connectivity index (χ0v) is 10.8. The highest BCUT2D eigenvalue weighted by atomic mass is 19.4. The summed E-state index contributed by atoms with van der Waals surface area (Å²) in [5.41, 5.74) is 4.22. The second-order valence-electron chi connectivity index (χ2n) is 4.21. The van der Waals surface area contributed by atoms with Crippen LogP contribution in [0.2, 0.25) is 0 Å². The molecule has 0 saturated carbocycles. The van der Waals surface area contributed by atoms with Crippen LogP contribution in [0.3, 0.4) is 0 Å². The molecule has 5 nitrogen and oxygen atoms in total. The van der Waals surface area contributed by atoms with Crippen LogP contribution in [-0.2, 0) is 10.9 Å². The number of alkyl halides is 3. The first-order chi connectivity index (χ1) is 9.82. The zero-order chi connectivity index (χ0) is 15.6. The van der Waals surface area contributed by atoms with E-state index >= 15 is 0 Å². The predicted octanol–water partition coefficient (Wildman–Crippen LogP) is 2.54. The van der Waals surface area contributed by atoms with Crippen molar-refractivity contribution in [1.82, 2.24) is 10.1 Å². The van der Waals surface area contributed by atoms with Gasteiger partial charge in [0.2, 0.25) is 0 Å². The van der Waals surface area contributed by atoms with E-state index in [1.54, 1.807) is 0 Å². The largest absolute Gasteiger partial charge is 0.419 e. The van der Waals surface area contributed by atoms with E-state index in [2.05, 4.69) is 10.1 Å². The smallest absolute Gasteiger partial charge is 0.383 e. The highest BCUT2D eigenvalue weighted by Gasteiger charge is 2.34. The summed E-state index contributed by atoms with van der Waals surface area (Å²) in [4.78, 5) is 3.88. The number of nitrogens with zero attached hydrogens (tertiary/aromatic N) is 2. The lowest BCUT2D eigenvalue weighted by atomic mass is 10.1. The van der Waals surface area contributed by atoms with Gasteiger partial charge in [-0.15, -0.1) is 0 Å². The molecule has 2 aromatic rings. The molecule has 0 fully saturated rings. The molecule has 0 aliphatic rings. The number of hydrogen-bond acceptors (Lipinski definition) is 5. The van der Waals surface area contributed by atoms with Crippen LogP contribution < -0.4 is 5.73 Å². The van der Waals surface area contributed by atoms with Crippen LogP contribution in [-0.4, -0.2) is 23.9 Å². The molecular formula is C12H11F4N3O2. The van der Waals surface area contributed by atoms with Crippen molar-refractivity contribution in [2.75, 3.05) is 13.7 Å². The number of rotatable bonds is 4. The molecule has 1 atom stereocenters. The molecule has 0 aliphatic heterocycles. The fourth-order valence-electron chi connectivity index (χ4n) is 1.63. The van der Waals surface area contributed by atoms with Gasteiger partial charge in [0, 0.05) is 12.7 Å². The highest BCUT2D eigenvalue weighted by Crippen LogP contribution is 2.34. The number of ether oxygens (including phenoxy) is 1. The predicted molar refractivity (Wildman–Crippen MR) is 63.5 cm³/mol. The fraction of sp³-hybridized carbons (Fsp3) is 0.333. The van der Waals surface area contributed by atoms with Gasteiger partial charge in [-0.3, -0.25) is 0 Å². The molecule has 0 amide bonds. The van der Waals surface area contributed by atoms with Crippen molar-refractivity contribution in [2.45, 2.75) is 12.2 Å². The van der Waals surface area contributed by atoms with Gasteiger partial charge in [0.25, 0.3) is 5.89 Å². The molecule has 0 spiro atoms. The molecule has 0 radical (unpaired) electrons. The summed E-state index contributed by atoms with van der Waals surface area (Å²) >= 11 is 0. The van der Waals surface area contributed by atoms with E-state index in [-0.39, 0.29) is 23.9 Å². The number of hydrogen-bond donors (Lipinski definition) is 1. The molecule has 0 aliphatic carbocycles. The number of halogens is 4. The molecular weight excluding hydrogens is 294 g/mol. The van der Waals surface area contributed by atoms with E-state index in [1.165, 1.54) is 7.11 Å². The van der Waals surface area contributed by atoms with Crippen LogP contribution in [0.25, 0.3) is 11.5 Å². The number of benzene rings is 1. The van der Waals surface area contributed by atoms with Gasteiger partial charge < -0.3 is 15.0 Å². The van der Waals surface area contributed by atoms with E-state index in [9.17, 15) is 17.6 Å². The Bertz CT molecular complexity index is 627. The summed E-state index contributed by atoms with van der Waals surface area (Å²) in [6, 6.07) is 1.74. The second-order valence-corrected chi connectivity index (χ2v) is 4.21. The Morgan fingerprint density at radius 2 is 2.10 bits per heavy atom. The minimum Gasteiger partial charge on any atom is -0.383 e. The molecule has 1 unspecified atom stereocenters. The molecule has 1 aromatic carbocycles. The Kier molecular flexibility index (Phi) is 4.24. The summed E-state index contributed by atoms with van der Waals surface area (Å²) < 4.78 is 60.7. The van der Waals surface area contributed by atoms with E-state index in [4.69, 9.17) is 15.0 Å². The first kappa shape index (κ1) is 15.4.